The summed E-state index contributed by atoms with van der Waals surface area (Å²) >= 11 is 0. The van der Waals surface area contributed by atoms with Crippen LogP contribution in [0.5, 0.6) is 17.4 Å². The van der Waals surface area contributed by atoms with Crippen LogP contribution in [0.1, 0.15) is 32.3 Å². The molecule has 0 spiro atoms. The third-order valence-corrected chi connectivity index (χ3v) is 7.19. The second-order valence-electron chi connectivity index (χ2n) is 9.89. The number of carbonyl (C=O) groups excluding carboxylic acids is 3. The van der Waals surface area contributed by atoms with Gasteiger partial charge in [-0.2, -0.15) is 0 Å². The standard InChI is InChI=1S/C29H35N3O8/c1-8-18-14-29(18,27(34)37-7)31-26(33)21-12-19(15-32(21)28(35)39-16(3)4)40-23-13-24(38-9-2)30-25-17(5)22(36-6)11-10-20(23)25/h8,10-11,13,18-19,21H,1,3,9,12,14-15H2,2,4-7H3,(H,31,33)/t18-,19-,21+,29-/m1/s1. The molecule has 0 bridgehead atoms. The first kappa shape index (κ1) is 28.7. The van der Waals surface area contributed by atoms with Gasteiger partial charge in [-0.1, -0.05) is 12.7 Å². The summed E-state index contributed by atoms with van der Waals surface area (Å²) in [5, 5.41) is 3.53. The van der Waals surface area contributed by atoms with Crippen molar-refractivity contribution in [1.29, 1.82) is 0 Å². The molecule has 1 aliphatic carbocycles. The highest BCUT2D eigenvalue weighted by atomic mass is 16.6. The zero-order chi connectivity index (χ0) is 29.2. The van der Waals surface area contributed by atoms with Crippen LogP contribution in [-0.2, 0) is 19.1 Å². The smallest absolute Gasteiger partial charge is 0.415 e. The lowest BCUT2D eigenvalue weighted by molar-refractivity contribution is -0.147. The topological polar surface area (TPSA) is 126 Å². The summed E-state index contributed by atoms with van der Waals surface area (Å²) in [6, 6.07) is 4.39. The van der Waals surface area contributed by atoms with E-state index >= 15 is 0 Å². The third kappa shape index (κ3) is 5.41. The number of esters is 1. The highest BCUT2D eigenvalue weighted by molar-refractivity contribution is 5.95. The number of aromatic nitrogens is 1. The molecule has 2 fully saturated rings. The number of methoxy groups -OCH3 is 2. The van der Waals surface area contributed by atoms with Gasteiger partial charge in [0.1, 0.15) is 29.2 Å². The minimum absolute atomic E-state index is 0.0588. The third-order valence-electron chi connectivity index (χ3n) is 7.19. The number of allylic oxidation sites excluding steroid dienone is 1. The maximum Gasteiger partial charge on any atom is 0.415 e. The van der Waals surface area contributed by atoms with E-state index in [9.17, 15) is 14.4 Å². The summed E-state index contributed by atoms with van der Waals surface area (Å²) in [4.78, 5) is 44.9. The minimum Gasteiger partial charge on any atom is -0.496 e. The Kier molecular flexibility index (Phi) is 8.22. The average Bonchev–Trinajstić information content (AvgIpc) is 3.47. The monoisotopic (exact) mass is 553 g/mol. The van der Waals surface area contributed by atoms with Crippen molar-refractivity contribution in [3.8, 4) is 17.4 Å². The maximum absolute atomic E-state index is 13.5. The quantitative estimate of drug-likeness (QED) is 0.266. The maximum atomic E-state index is 13.5. The molecule has 40 heavy (non-hydrogen) atoms. The fraction of sp³-hybridized carbons (Fsp3) is 0.448. The SMILES string of the molecule is C=C[C@@H]1C[C@]1(NC(=O)[C@@H]1C[C@@H](Oc2cc(OCC)nc3c(C)c(OC)ccc23)CN1C(=O)OC(=C)C)C(=O)OC. The van der Waals surface area contributed by atoms with Crippen molar-refractivity contribution in [3.05, 3.63) is 48.8 Å². The van der Waals surface area contributed by atoms with Gasteiger partial charge in [-0.3, -0.25) is 9.69 Å². The van der Waals surface area contributed by atoms with Crippen LogP contribution in [0.2, 0.25) is 0 Å². The lowest BCUT2D eigenvalue weighted by atomic mass is 10.1. The van der Waals surface area contributed by atoms with Gasteiger partial charge in [0.05, 0.1) is 38.6 Å². The Labute approximate surface area is 233 Å². The molecular formula is C29H35N3O8. The first-order valence-electron chi connectivity index (χ1n) is 13.0. The molecule has 2 aromatic rings. The van der Waals surface area contributed by atoms with E-state index in [4.69, 9.17) is 23.7 Å². The van der Waals surface area contributed by atoms with Crippen molar-refractivity contribution in [1.82, 2.24) is 15.2 Å². The Morgan fingerprint density at radius 1 is 1.25 bits per heavy atom. The van der Waals surface area contributed by atoms with Gasteiger partial charge in [-0.25, -0.2) is 14.6 Å². The molecule has 11 heteroatoms. The predicted octanol–water partition coefficient (Wildman–Crippen LogP) is 3.68. The van der Waals surface area contributed by atoms with Gasteiger partial charge in [-0.15, -0.1) is 6.58 Å². The van der Waals surface area contributed by atoms with E-state index in [1.807, 2.05) is 26.0 Å². The number of rotatable bonds is 10. The Morgan fingerprint density at radius 3 is 2.60 bits per heavy atom. The van der Waals surface area contributed by atoms with Crippen LogP contribution in [-0.4, -0.2) is 72.9 Å². The average molecular weight is 554 g/mol. The summed E-state index contributed by atoms with van der Waals surface area (Å²) in [7, 11) is 2.85. The molecule has 2 heterocycles. The Hall–Kier alpha value is -4.28. The van der Waals surface area contributed by atoms with Crippen LogP contribution in [0, 0.1) is 12.8 Å². The molecule has 1 saturated carbocycles. The number of ether oxygens (including phenoxy) is 5. The van der Waals surface area contributed by atoms with Crippen molar-refractivity contribution in [2.24, 2.45) is 5.92 Å². The molecule has 4 atom stereocenters. The molecule has 1 aromatic heterocycles. The number of likely N-dealkylation sites (tertiary alicyclic amines) is 1. The van der Waals surface area contributed by atoms with Crippen LogP contribution in [0.25, 0.3) is 10.9 Å². The summed E-state index contributed by atoms with van der Waals surface area (Å²) in [5.41, 5.74) is 0.257. The van der Waals surface area contributed by atoms with Gasteiger partial charge in [-0.05, 0) is 39.3 Å². The molecule has 1 N–H and O–H groups in total. The molecule has 11 nitrogen and oxygen atoms in total. The number of hydrogen-bond donors (Lipinski definition) is 1. The van der Waals surface area contributed by atoms with E-state index in [-0.39, 0.29) is 24.6 Å². The van der Waals surface area contributed by atoms with Gasteiger partial charge in [0, 0.05) is 29.4 Å². The van der Waals surface area contributed by atoms with Crippen molar-refractivity contribution in [2.75, 3.05) is 27.4 Å². The first-order chi connectivity index (χ1) is 19.1. The van der Waals surface area contributed by atoms with Gasteiger partial charge in [0.2, 0.25) is 11.8 Å². The fourth-order valence-electron chi connectivity index (χ4n) is 5.10. The lowest BCUT2D eigenvalue weighted by Gasteiger charge is -2.25. The van der Waals surface area contributed by atoms with Crippen LogP contribution in [0.15, 0.2) is 43.2 Å². The molecule has 2 amide bonds. The van der Waals surface area contributed by atoms with Crippen molar-refractivity contribution in [3.63, 3.8) is 0 Å². The number of pyridine rings is 1. The minimum atomic E-state index is -1.21. The Morgan fingerprint density at radius 2 is 2.00 bits per heavy atom. The summed E-state index contributed by atoms with van der Waals surface area (Å²) in [6.07, 6.45) is 0.795. The number of nitrogens with zero attached hydrogens (tertiary/aromatic N) is 2. The highest BCUT2D eigenvalue weighted by Gasteiger charge is 2.62. The first-order valence-corrected chi connectivity index (χ1v) is 13.0. The van der Waals surface area contributed by atoms with E-state index < -0.39 is 35.7 Å². The Bertz CT molecular complexity index is 1360. The number of benzene rings is 1. The molecule has 1 saturated heterocycles. The van der Waals surface area contributed by atoms with E-state index in [0.29, 0.717) is 35.9 Å². The molecule has 1 aromatic carbocycles. The van der Waals surface area contributed by atoms with E-state index in [1.54, 1.807) is 19.3 Å². The van der Waals surface area contributed by atoms with Crippen molar-refractivity contribution >= 4 is 28.9 Å². The molecular weight excluding hydrogens is 518 g/mol. The van der Waals surface area contributed by atoms with E-state index in [2.05, 4.69) is 23.5 Å². The second kappa shape index (κ2) is 11.4. The largest absolute Gasteiger partial charge is 0.496 e. The summed E-state index contributed by atoms with van der Waals surface area (Å²) in [6.45, 7) is 13.1. The van der Waals surface area contributed by atoms with Gasteiger partial charge >= 0.3 is 12.1 Å². The fourth-order valence-corrected chi connectivity index (χ4v) is 5.10. The zero-order valence-electron chi connectivity index (χ0n) is 23.4. The van der Waals surface area contributed by atoms with Crippen LogP contribution in [0.4, 0.5) is 4.79 Å². The number of nitrogens with one attached hydrogen (secondary N) is 1. The number of carbonyl (C=O) groups is 3. The zero-order valence-corrected chi connectivity index (χ0v) is 23.4. The highest BCUT2D eigenvalue weighted by Crippen LogP contribution is 2.45. The number of aryl methyl sites for hydroxylation is 1. The lowest BCUT2D eigenvalue weighted by Crippen LogP contribution is -2.53. The summed E-state index contributed by atoms with van der Waals surface area (Å²) in [5.74, 6) is 0.353. The van der Waals surface area contributed by atoms with Gasteiger partial charge < -0.3 is 29.0 Å². The van der Waals surface area contributed by atoms with Crippen LogP contribution in [0.3, 0.4) is 0 Å². The predicted molar refractivity (Wildman–Crippen MR) is 146 cm³/mol. The molecule has 1 aliphatic heterocycles. The summed E-state index contributed by atoms with van der Waals surface area (Å²) < 4.78 is 27.7. The van der Waals surface area contributed by atoms with Crippen molar-refractivity contribution in [2.45, 2.75) is 51.3 Å². The van der Waals surface area contributed by atoms with Crippen LogP contribution >= 0.6 is 0 Å². The molecule has 0 unspecified atom stereocenters. The van der Waals surface area contributed by atoms with E-state index in [1.165, 1.54) is 18.9 Å². The normalized spacial score (nSPS) is 23.2. The molecule has 0 radical (unpaired) electrons. The number of hydrogen-bond acceptors (Lipinski definition) is 9. The number of fused-ring (bicyclic) bond motifs is 1. The van der Waals surface area contributed by atoms with E-state index in [0.717, 1.165) is 10.9 Å². The molecule has 4 rings (SSSR count). The Balaban J connectivity index is 1.64. The molecule has 2 aliphatic rings. The number of amides is 2. The second-order valence-corrected chi connectivity index (χ2v) is 9.89. The molecule has 214 valence electrons. The van der Waals surface area contributed by atoms with Gasteiger partial charge in [0.25, 0.3) is 0 Å². The van der Waals surface area contributed by atoms with Crippen molar-refractivity contribution < 1.29 is 38.1 Å². The van der Waals surface area contributed by atoms with Crippen LogP contribution < -0.4 is 19.5 Å². The van der Waals surface area contributed by atoms with Gasteiger partial charge in [0.15, 0.2) is 0 Å².